The lowest BCUT2D eigenvalue weighted by Crippen LogP contribution is -2.30. The van der Waals surface area contributed by atoms with Crippen LogP contribution in [0.4, 0.5) is 0 Å². The maximum atomic E-state index is 11.7. The number of nitrogens with one attached hydrogen (secondary N) is 1. The molecule has 1 saturated carbocycles. The monoisotopic (exact) mass is 259 g/mol. The smallest absolute Gasteiger partial charge is 0.244 e. The Hall–Kier alpha value is -1.77. The summed E-state index contributed by atoms with van der Waals surface area (Å²) in [5.74, 6) is 0.857. The third kappa shape index (κ3) is 4.43. The zero-order valence-electron chi connectivity index (χ0n) is 11.4. The van der Waals surface area contributed by atoms with Crippen molar-refractivity contribution in [3.63, 3.8) is 0 Å². The van der Waals surface area contributed by atoms with E-state index in [9.17, 15) is 4.79 Å². The van der Waals surface area contributed by atoms with E-state index in [2.05, 4.69) is 5.32 Å². The topological polar surface area (TPSA) is 38.3 Å². The molecule has 1 N–H and O–H groups in total. The lowest BCUT2D eigenvalue weighted by molar-refractivity contribution is -0.117. The normalized spacial score (nSPS) is 15.8. The number of benzene rings is 1. The summed E-state index contributed by atoms with van der Waals surface area (Å²) in [6, 6.07) is 8.10. The second-order valence-corrected chi connectivity index (χ2v) is 4.83. The van der Waals surface area contributed by atoms with Crippen molar-refractivity contribution in [3.8, 4) is 5.75 Å². The van der Waals surface area contributed by atoms with Gasteiger partial charge in [0.15, 0.2) is 0 Å². The number of hydrogen-bond acceptors (Lipinski definition) is 2. The van der Waals surface area contributed by atoms with Gasteiger partial charge in [-0.05, 0) is 43.5 Å². The van der Waals surface area contributed by atoms with Crippen LogP contribution in [0.1, 0.15) is 38.2 Å². The summed E-state index contributed by atoms with van der Waals surface area (Å²) >= 11 is 0. The first kappa shape index (κ1) is 13.7. The van der Waals surface area contributed by atoms with E-state index in [-0.39, 0.29) is 5.91 Å². The molecule has 0 aliphatic heterocycles. The van der Waals surface area contributed by atoms with Crippen molar-refractivity contribution in [1.29, 1.82) is 0 Å². The minimum absolute atomic E-state index is 0.000727. The van der Waals surface area contributed by atoms with Crippen LogP contribution < -0.4 is 10.1 Å². The van der Waals surface area contributed by atoms with Gasteiger partial charge in [0.25, 0.3) is 0 Å². The fourth-order valence-corrected chi connectivity index (χ4v) is 2.33. The predicted molar refractivity (Wildman–Crippen MR) is 77.0 cm³/mol. The molecule has 1 aliphatic carbocycles. The number of carbonyl (C=O) groups excluding carboxylic acids is 1. The quantitative estimate of drug-likeness (QED) is 0.825. The Morgan fingerprint density at radius 3 is 2.63 bits per heavy atom. The molecule has 2 rings (SSSR count). The van der Waals surface area contributed by atoms with Crippen LogP contribution in [0.3, 0.4) is 0 Å². The van der Waals surface area contributed by atoms with Crippen molar-refractivity contribution in [2.75, 3.05) is 6.61 Å². The maximum Gasteiger partial charge on any atom is 0.244 e. The highest BCUT2D eigenvalue weighted by Gasteiger charge is 2.15. The minimum atomic E-state index is 0.000727. The van der Waals surface area contributed by atoms with Crippen molar-refractivity contribution in [2.24, 2.45) is 0 Å². The van der Waals surface area contributed by atoms with Crippen LogP contribution in [0.25, 0.3) is 6.08 Å². The molecule has 3 nitrogen and oxygen atoms in total. The lowest BCUT2D eigenvalue weighted by Gasteiger charge is -2.09. The Kier molecular flexibility index (Phi) is 5.01. The summed E-state index contributed by atoms with van der Waals surface area (Å²) in [6.45, 7) is 2.63. The first-order chi connectivity index (χ1) is 9.28. The second-order valence-electron chi connectivity index (χ2n) is 4.83. The number of amides is 1. The number of hydrogen-bond donors (Lipinski definition) is 1. The fraction of sp³-hybridized carbons (Fsp3) is 0.438. The summed E-state index contributed by atoms with van der Waals surface area (Å²) in [5.41, 5.74) is 1.00. The van der Waals surface area contributed by atoms with E-state index in [4.69, 9.17) is 4.74 Å². The van der Waals surface area contributed by atoms with E-state index in [1.54, 1.807) is 6.08 Å². The van der Waals surface area contributed by atoms with E-state index in [0.717, 1.165) is 24.2 Å². The molecule has 0 saturated heterocycles. The molecule has 102 valence electrons. The Balaban J connectivity index is 1.84. The summed E-state index contributed by atoms with van der Waals surface area (Å²) in [6.07, 6.45) is 8.13. The molecule has 0 bridgehead atoms. The predicted octanol–water partition coefficient (Wildman–Crippen LogP) is 3.16. The molecule has 1 aromatic carbocycles. The van der Waals surface area contributed by atoms with E-state index in [1.165, 1.54) is 12.8 Å². The van der Waals surface area contributed by atoms with Crippen molar-refractivity contribution >= 4 is 12.0 Å². The van der Waals surface area contributed by atoms with E-state index >= 15 is 0 Å². The Morgan fingerprint density at radius 2 is 2.00 bits per heavy atom. The van der Waals surface area contributed by atoms with Crippen LogP contribution in [-0.2, 0) is 4.79 Å². The average molecular weight is 259 g/mol. The first-order valence-electron chi connectivity index (χ1n) is 6.99. The zero-order chi connectivity index (χ0) is 13.5. The molecule has 19 heavy (non-hydrogen) atoms. The highest BCUT2D eigenvalue weighted by Crippen LogP contribution is 2.17. The molecule has 0 radical (unpaired) electrons. The standard InChI is InChI=1S/C16H21NO2/c1-2-19-15-10-7-13(8-11-15)9-12-16(18)17-14-5-3-4-6-14/h7-12,14H,2-6H2,1H3,(H,17,18)/b12-9+. The van der Waals surface area contributed by atoms with E-state index in [0.29, 0.717) is 12.6 Å². The zero-order valence-corrected chi connectivity index (χ0v) is 11.4. The van der Waals surface area contributed by atoms with Gasteiger partial charge in [-0.15, -0.1) is 0 Å². The molecule has 1 aromatic rings. The second kappa shape index (κ2) is 6.98. The van der Waals surface area contributed by atoms with Crippen LogP contribution in [0, 0.1) is 0 Å². The Bertz CT molecular complexity index is 431. The summed E-state index contributed by atoms with van der Waals surface area (Å²) < 4.78 is 5.37. The molecule has 1 amide bonds. The first-order valence-corrected chi connectivity index (χ1v) is 6.99. The van der Waals surface area contributed by atoms with Gasteiger partial charge >= 0.3 is 0 Å². The summed E-state index contributed by atoms with van der Waals surface area (Å²) in [5, 5.41) is 3.03. The highest BCUT2D eigenvalue weighted by molar-refractivity contribution is 5.91. The van der Waals surface area contributed by atoms with Gasteiger partial charge in [0.1, 0.15) is 5.75 Å². The van der Waals surface area contributed by atoms with Crippen molar-refractivity contribution in [1.82, 2.24) is 5.32 Å². The number of carbonyl (C=O) groups is 1. The van der Waals surface area contributed by atoms with Crippen LogP contribution in [-0.4, -0.2) is 18.6 Å². The summed E-state index contributed by atoms with van der Waals surface area (Å²) in [4.78, 5) is 11.7. The number of rotatable bonds is 5. The van der Waals surface area contributed by atoms with Crippen LogP contribution in [0.5, 0.6) is 5.75 Å². The van der Waals surface area contributed by atoms with Gasteiger partial charge < -0.3 is 10.1 Å². The third-order valence-electron chi connectivity index (χ3n) is 3.32. The fourth-order valence-electron chi connectivity index (χ4n) is 2.33. The van der Waals surface area contributed by atoms with Gasteiger partial charge in [0, 0.05) is 12.1 Å². The molecule has 0 aromatic heterocycles. The van der Waals surface area contributed by atoms with Crippen molar-refractivity contribution in [2.45, 2.75) is 38.6 Å². The molecular weight excluding hydrogens is 238 g/mol. The molecule has 1 fully saturated rings. The molecule has 0 heterocycles. The largest absolute Gasteiger partial charge is 0.494 e. The van der Waals surface area contributed by atoms with Crippen molar-refractivity contribution < 1.29 is 9.53 Å². The lowest BCUT2D eigenvalue weighted by atomic mass is 10.2. The van der Waals surface area contributed by atoms with Gasteiger partial charge in [0.2, 0.25) is 5.91 Å². The van der Waals surface area contributed by atoms with Crippen LogP contribution in [0.15, 0.2) is 30.3 Å². The summed E-state index contributed by atoms with van der Waals surface area (Å²) in [7, 11) is 0. The van der Waals surface area contributed by atoms with E-state index < -0.39 is 0 Å². The van der Waals surface area contributed by atoms with Crippen LogP contribution >= 0.6 is 0 Å². The van der Waals surface area contributed by atoms with Gasteiger partial charge in [-0.2, -0.15) is 0 Å². The van der Waals surface area contributed by atoms with Gasteiger partial charge in [-0.25, -0.2) is 0 Å². The minimum Gasteiger partial charge on any atom is -0.494 e. The molecule has 0 atom stereocenters. The van der Waals surface area contributed by atoms with Crippen LogP contribution in [0.2, 0.25) is 0 Å². The van der Waals surface area contributed by atoms with Gasteiger partial charge in [0.05, 0.1) is 6.61 Å². The van der Waals surface area contributed by atoms with Crippen molar-refractivity contribution in [3.05, 3.63) is 35.9 Å². The average Bonchev–Trinajstić information content (AvgIpc) is 2.91. The highest BCUT2D eigenvalue weighted by atomic mass is 16.5. The molecular formula is C16H21NO2. The number of ether oxygens (including phenoxy) is 1. The SMILES string of the molecule is CCOc1ccc(/C=C/C(=O)NC2CCCC2)cc1. The maximum absolute atomic E-state index is 11.7. The van der Waals surface area contributed by atoms with E-state index in [1.807, 2.05) is 37.3 Å². The Labute approximate surface area is 114 Å². The molecule has 0 spiro atoms. The molecule has 1 aliphatic rings. The molecule has 3 heteroatoms. The van der Waals surface area contributed by atoms with Gasteiger partial charge in [-0.1, -0.05) is 25.0 Å². The third-order valence-corrected chi connectivity index (χ3v) is 3.32. The van der Waals surface area contributed by atoms with Gasteiger partial charge in [-0.3, -0.25) is 4.79 Å². The molecule has 0 unspecified atom stereocenters. The Morgan fingerprint density at radius 1 is 1.32 bits per heavy atom.